The van der Waals surface area contributed by atoms with Gasteiger partial charge in [0.25, 0.3) is 0 Å². The number of hydrogen-bond donors (Lipinski definition) is 2. The van der Waals surface area contributed by atoms with Crippen LogP contribution in [0.3, 0.4) is 0 Å². The highest BCUT2D eigenvalue weighted by Gasteiger charge is 2.02. The van der Waals surface area contributed by atoms with E-state index < -0.39 is 0 Å². The van der Waals surface area contributed by atoms with Crippen LogP contribution in [0.4, 0.5) is 5.69 Å². The SMILES string of the molecule is O=C(/C=C/c1cccc2ccccc12)NC(=S)Nc1ccccc1. The van der Waals surface area contributed by atoms with Crippen LogP contribution in [-0.4, -0.2) is 11.0 Å². The lowest BCUT2D eigenvalue weighted by atomic mass is 10.0. The average Bonchev–Trinajstić information content (AvgIpc) is 2.60. The minimum absolute atomic E-state index is 0.267. The van der Waals surface area contributed by atoms with Gasteiger partial charge in [-0.3, -0.25) is 10.1 Å². The summed E-state index contributed by atoms with van der Waals surface area (Å²) in [7, 11) is 0. The number of hydrogen-bond acceptors (Lipinski definition) is 2. The second-order valence-electron chi connectivity index (χ2n) is 5.21. The molecule has 0 saturated carbocycles. The van der Waals surface area contributed by atoms with E-state index in [0.717, 1.165) is 22.0 Å². The van der Waals surface area contributed by atoms with Gasteiger partial charge in [0.05, 0.1) is 0 Å². The summed E-state index contributed by atoms with van der Waals surface area (Å²) >= 11 is 5.14. The zero-order valence-corrected chi connectivity index (χ0v) is 13.7. The lowest BCUT2D eigenvalue weighted by Crippen LogP contribution is -2.32. The number of para-hydroxylation sites is 1. The molecule has 0 aromatic heterocycles. The van der Waals surface area contributed by atoms with Gasteiger partial charge in [-0.25, -0.2) is 0 Å². The van der Waals surface area contributed by atoms with E-state index in [-0.39, 0.29) is 11.0 Å². The molecule has 3 nitrogen and oxygen atoms in total. The number of anilines is 1. The summed E-state index contributed by atoms with van der Waals surface area (Å²) < 4.78 is 0. The first-order chi connectivity index (χ1) is 11.7. The van der Waals surface area contributed by atoms with Crippen LogP contribution in [-0.2, 0) is 4.79 Å². The Labute approximate surface area is 146 Å². The second kappa shape index (κ2) is 7.53. The maximum atomic E-state index is 12.0. The first-order valence-corrected chi connectivity index (χ1v) is 7.96. The molecule has 4 heteroatoms. The molecule has 24 heavy (non-hydrogen) atoms. The Hall–Kier alpha value is -2.98. The molecule has 3 aromatic carbocycles. The number of nitrogens with one attached hydrogen (secondary N) is 2. The molecule has 0 aliphatic carbocycles. The number of rotatable bonds is 3. The third-order valence-electron chi connectivity index (χ3n) is 3.51. The minimum Gasteiger partial charge on any atom is -0.332 e. The van der Waals surface area contributed by atoms with Gasteiger partial charge in [-0.1, -0.05) is 60.7 Å². The normalized spacial score (nSPS) is 10.7. The van der Waals surface area contributed by atoms with Gasteiger partial charge in [-0.05, 0) is 46.8 Å². The zero-order chi connectivity index (χ0) is 16.8. The van der Waals surface area contributed by atoms with E-state index in [9.17, 15) is 4.79 Å². The van der Waals surface area contributed by atoms with Crippen LogP contribution in [0.25, 0.3) is 16.8 Å². The number of carbonyl (C=O) groups is 1. The van der Waals surface area contributed by atoms with Gasteiger partial charge >= 0.3 is 0 Å². The summed E-state index contributed by atoms with van der Waals surface area (Å²) in [6.07, 6.45) is 3.28. The van der Waals surface area contributed by atoms with E-state index >= 15 is 0 Å². The Balaban J connectivity index is 1.65. The Morgan fingerprint density at radius 2 is 1.58 bits per heavy atom. The van der Waals surface area contributed by atoms with E-state index in [1.54, 1.807) is 6.08 Å². The van der Waals surface area contributed by atoms with Crippen molar-refractivity contribution in [3.63, 3.8) is 0 Å². The van der Waals surface area contributed by atoms with Crippen LogP contribution in [0.5, 0.6) is 0 Å². The van der Waals surface area contributed by atoms with Gasteiger partial charge in [-0.15, -0.1) is 0 Å². The minimum atomic E-state index is -0.267. The monoisotopic (exact) mass is 332 g/mol. The molecule has 2 N–H and O–H groups in total. The molecule has 3 rings (SSSR count). The van der Waals surface area contributed by atoms with Crippen molar-refractivity contribution in [2.24, 2.45) is 0 Å². The number of amides is 1. The third-order valence-corrected chi connectivity index (χ3v) is 3.71. The summed E-state index contributed by atoms with van der Waals surface area (Å²) in [5, 5.41) is 8.13. The molecule has 0 spiro atoms. The van der Waals surface area contributed by atoms with E-state index in [2.05, 4.69) is 10.6 Å². The zero-order valence-electron chi connectivity index (χ0n) is 12.9. The van der Waals surface area contributed by atoms with Crippen molar-refractivity contribution in [2.45, 2.75) is 0 Å². The Morgan fingerprint density at radius 3 is 2.42 bits per heavy atom. The van der Waals surface area contributed by atoms with Crippen molar-refractivity contribution in [3.05, 3.63) is 84.4 Å². The number of benzene rings is 3. The molecule has 1 amide bonds. The molecule has 118 valence electrons. The van der Waals surface area contributed by atoms with Crippen LogP contribution >= 0.6 is 12.2 Å². The van der Waals surface area contributed by atoms with Crippen LogP contribution < -0.4 is 10.6 Å². The summed E-state index contributed by atoms with van der Waals surface area (Å²) in [6, 6.07) is 23.5. The predicted octanol–water partition coefficient (Wildman–Crippen LogP) is 4.37. The number of carbonyl (C=O) groups excluding carboxylic acids is 1. The molecule has 0 saturated heterocycles. The predicted molar refractivity (Wildman–Crippen MR) is 104 cm³/mol. The standard InChI is InChI=1S/C20H16N2OS/c23-19(22-20(24)21-17-10-2-1-3-11-17)14-13-16-9-6-8-15-7-4-5-12-18(15)16/h1-14H,(H2,21,22,23,24)/b14-13+. The highest BCUT2D eigenvalue weighted by Crippen LogP contribution is 2.19. The number of fused-ring (bicyclic) bond motifs is 1. The molecule has 0 fully saturated rings. The van der Waals surface area contributed by atoms with Gasteiger partial charge in [-0.2, -0.15) is 0 Å². The highest BCUT2D eigenvalue weighted by atomic mass is 32.1. The second-order valence-corrected chi connectivity index (χ2v) is 5.62. The maximum Gasteiger partial charge on any atom is 0.250 e. The van der Waals surface area contributed by atoms with Gasteiger partial charge < -0.3 is 5.32 Å². The van der Waals surface area contributed by atoms with Crippen LogP contribution in [0.2, 0.25) is 0 Å². The van der Waals surface area contributed by atoms with E-state index in [1.807, 2.05) is 72.8 Å². The maximum absolute atomic E-state index is 12.0. The molecule has 0 unspecified atom stereocenters. The first-order valence-electron chi connectivity index (χ1n) is 7.55. The Kier molecular flexibility index (Phi) is 4.99. The molecule has 0 bridgehead atoms. The summed E-state index contributed by atoms with van der Waals surface area (Å²) in [6.45, 7) is 0. The molecule has 0 radical (unpaired) electrons. The van der Waals surface area contributed by atoms with Crippen molar-refractivity contribution in [1.29, 1.82) is 0 Å². The molecule has 3 aromatic rings. The summed E-state index contributed by atoms with van der Waals surface area (Å²) in [5.41, 5.74) is 1.83. The molecule has 0 aliphatic rings. The fourth-order valence-electron chi connectivity index (χ4n) is 2.40. The van der Waals surface area contributed by atoms with Crippen LogP contribution in [0, 0.1) is 0 Å². The smallest absolute Gasteiger partial charge is 0.250 e. The van der Waals surface area contributed by atoms with Crippen molar-refractivity contribution < 1.29 is 4.79 Å². The Morgan fingerprint density at radius 1 is 0.875 bits per heavy atom. The van der Waals surface area contributed by atoms with E-state index in [1.165, 1.54) is 6.08 Å². The number of thiocarbonyl (C=S) groups is 1. The molecule has 0 aliphatic heterocycles. The molecular formula is C20H16N2OS. The lowest BCUT2D eigenvalue weighted by Gasteiger charge is -2.07. The van der Waals surface area contributed by atoms with Gasteiger partial charge in [0.1, 0.15) is 0 Å². The van der Waals surface area contributed by atoms with E-state index in [4.69, 9.17) is 12.2 Å². The quantitative estimate of drug-likeness (QED) is 0.553. The van der Waals surface area contributed by atoms with Gasteiger partial charge in [0, 0.05) is 11.8 Å². The highest BCUT2D eigenvalue weighted by molar-refractivity contribution is 7.80. The van der Waals surface area contributed by atoms with Crippen molar-refractivity contribution >= 4 is 45.8 Å². The fraction of sp³-hybridized carbons (Fsp3) is 0. The molecule has 0 atom stereocenters. The Bertz CT molecular complexity index is 898. The topological polar surface area (TPSA) is 41.1 Å². The summed E-state index contributed by atoms with van der Waals surface area (Å²) in [4.78, 5) is 12.0. The van der Waals surface area contributed by atoms with Crippen LogP contribution in [0.15, 0.2) is 78.9 Å². The van der Waals surface area contributed by atoms with Gasteiger partial charge in [0.2, 0.25) is 5.91 Å². The lowest BCUT2D eigenvalue weighted by molar-refractivity contribution is -0.115. The first kappa shape index (κ1) is 15.9. The third kappa shape index (κ3) is 4.06. The average molecular weight is 332 g/mol. The van der Waals surface area contributed by atoms with Crippen molar-refractivity contribution in [3.8, 4) is 0 Å². The van der Waals surface area contributed by atoms with E-state index in [0.29, 0.717) is 0 Å². The molecule has 0 heterocycles. The summed E-state index contributed by atoms with van der Waals surface area (Å²) in [5.74, 6) is -0.267. The molecular weight excluding hydrogens is 316 g/mol. The fourth-order valence-corrected chi connectivity index (χ4v) is 2.62. The van der Waals surface area contributed by atoms with Crippen LogP contribution in [0.1, 0.15) is 5.56 Å². The van der Waals surface area contributed by atoms with Gasteiger partial charge in [0.15, 0.2) is 5.11 Å². The van der Waals surface area contributed by atoms with Crippen molar-refractivity contribution in [1.82, 2.24) is 5.32 Å². The van der Waals surface area contributed by atoms with Crippen molar-refractivity contribution in [2.75, 3.05) is 5.32 Å². The largest absolute Gasteiger partial charge is 0.332 e.